The Labute approximate surface area is 115 Å². The van der Waals surface area contributed by atoms with Gasteiger partial charge in [0.05, 0.1) is 6.04 Å². The molecule has 0 radical (unpaired) electrons. The molecule has 0 amide bonds. The smallest absolute Gasteiger partial charge is 0.169 e. The first-order valence-corrected chi connectivity index (χ1v) is 6.70. The molecule has 0 fully saturated rings. The molecule has 1 unspecified atom stereocenters. The standard InChI is InChI=1S/C14H16BrNO2/c1-10(13-6-7-14(15)18-13)16-12-4-2-11(3-5-12)8-9-17/h2-7,10,16-17H,8-9H2,1H3. The molecule has 2 rings (SSSR count). The summed E-state index contributed by atoms with van der Waals surface area (Å²) in [5.74, 6) is 0.890. The summed E-state index contributed by atoms with van der Waals surface area (Å²) >= 11 is 3.29. The zero-order valence-electron chi connectivity index (χ0n) is 10.2. The van der Waals surface area contributed by atoms with Gasteiger partial charge in [0.15, 0.2) is 4.67 Å². The van der Waals surface area contributed by atoms with Crippen molar-refractivity contribution in [2.24, 2.45) is 0 Å². The lowest BCUT2D eigenvalue weighted by Gasteiger charge is -2.13. The van der Waals surface area contributed by atoms with Gasteiger partial charge in [-0.1, -0.05) is 12.1 Å². The van der Waals surface area contributed by atoms with Crippen molar-refractivity contribution in [1.29, 1.82) is 0 Å². The van der Waals surface area contributed by atoms with Crippen molar-refractivity contribution in [2.75, 3.05) is 11.9 Å². The maximum Gasteiger partial charge on any atom is 0.169 e. The largest absolute Gasteiger partial charge is 0.452 e. The highest BCUT2D eigenvalue weighted by atomic mass is 79.9. The Morgan fingerprint density at radius 1 is 1.22 bits per heavy atom. The fourth-order valence-corrected chi connectivity index (χ4v) is 2.10. The van der Waals surface area contributed by atoms with Crippen LogP contribution in [0.3, 0.4) is 0 Å². The van der Waals surface area contributed by atoms with Crippen LogP contribution < -0.4 is 5.32 Å². The molecule has 1 atom stereocenters. The number of rotatable bonds is 5. The highest BCUT2D eigenvalue weighted by molar-refractivity contribution is 9.10. The lowest BCUT2D eigenvalue weighted by Crippen LogP contribution is -2.05. The molecule has 1 aromatic heterocycles. The summed E-state index contributed by atoms with van der Waals surface area (Å²) in [6, 6.07) is 12.0. The van der Waals surface area contributed by atoms with E-state index >= 15 is 0 Å². The second-order valence-corrected chi connectivity index (χ2v) is 4.96. The normalized spacial score (nSPS) is 12.4. The van der Waals surface area contributed by atoms with Crippen molar-refractivity contribution >= 4 is 21.6 Å². The van der Waals surface area contributed by atoms with Crippen LogP contribution in [0.1, 0.15) is 24.3 Å². The quantitative estimate of drug-likeness (QED) is 0.884. The lowest BCUT2D eigenvalue weighted by atomic mass is 10.1. The molecule has 0 saturated carbocycles. The van der Waals surface area contributed by atoms with Gasteiger partial charge in [0, 0.05) is 12.3 Å². The SMILES string of the molecule is CC(Nc1ccc(CCO)cc1)c1ccc(Br)o1. The number of aliphatic hydroxyl groups excluding tert-OH is 1. The Hall–Kier alpha value is -1.26. The molecular formula is C14H16BrNO2. The van der Waals surface area contributed by atoms with Crippen LogP contribution in [0.5, 0.6) is 0 Å². The van der Waals surface area contributed by atoms with Crippen LogP contribution in [0, 0.1) is 0 Å². The van der Waals surface area contributed by atoms with Crippen LogP contribution >= 0.6 is 15.9 Å². The van der Waals surface area contributed by atoms with E-state index in [0.29, 0.717) is 6.42 Å². The van der Waals surface area contributed by atoms with E-state index in [0.717, 1.165) is 21.7 Å². The molecule has 1 heterocycles. The highest BCUT2D eigenvalue weighted by Crippen LogP contribution is 2.23. The predicted molar refractivity (Wildman–Crippen MR) is 75.7 cm³/mol. The van der Waals surface area contributed by atoms with Crippen molar-refractivity contribution in [3.05, 3.63) is 52.4 Å². The van der Waals surface area contributed by atoms with Crippen LogP contribution in [0.2, 0.25) is 0 Å². The third kappa shape index (κ3) is 3.37. The van der Waals surface area contributed by atoms with Gasteiger partial charge in [-0.3, -0.25) is 0 Å². The van der Waals surface area contributed by atoms with Crippen LogP contribution in [0.25, 0.3) is 0 Å². The summed E-state index contributed by atoms with van der Waals surface area (Å²) in [7, 11) is 0. The molecule has 3 nitrogen and oxygen atoms in total. The third-order valence-corrected chi connectivity index (χ3v) is 3.18. The molecule has 0 bridgehead atoms. The van der Waals surface area contributed by atoms with Crippen molar-refractivity contribution in [3.63, 3.8) is 0 Å². The van der Waals surface area contributed by atoms with Gasteiger partial charge in [-0.15, -0.1) is 0 Å². The Balaban J connectivity index is 2.00. The zero-order chi connectivity index (χ0) is 13.0. The molecule has 4 heteroatoms. The first-order valence-electron chi connectivity index (χ1n) is 5.90. The highest BCUT2D eigenvalue weighted by Gasteiger charge is 2.09. The minimum Gasteiger partial charge on any atom is -0.452 e. The van der Waals surface area contributed by atoms with Gasteiger partial charge < -0.3 is 14.8 Å². The van der Waals surface area contributed by atoms with E-state index in [4.69, 9.17) is 9.52 Å². The summed E-state index contributed by atoms with van der Waals surface area (Å²) in [4.78, 5) is 0. The number of benzene rings is 1. The summed E-state index contributed by atoms with van der Waals surface area (Å²) < 4.78 is 6.24. The first-order chi connectivity index (χ1) is 8.69. The van der Waals surface area contributed by atoms with Crippen LogP contribution in [0.4, 0.5) is 5.69 Å². The Morgan fingerprint density at radius 3 is 2.50 bits per heavy atom. The van der Waals surface area contributed by atoms with E-state index in [-0.39, 0.29) is 12.6 Å². The van der Waals surface area contributed by atoms with Gasteiger partial charge >= 0.3 is 0 Å². The minimum atomic E-state index is 0.111. The fraction of sp³-hybridized carbons (Fsp3) is 0.286. The van der Waals surface area contributed by atoms with Gasteiger partial charge in [-0.2, -0.15) is 0 Å². The van der Waals surface area contributed by atoms with E-state index in [1.807, 2.05) is 43.3 Å². The predicted octanol–water partition coefficient (Wildman–Crippen LogP) is 3.75. The molecule has 0 aliphatic carbocycles. The summed E-state index contributed by atoms with van der Waals surface area (Å²) in [5, 5.41) is 12.2. The van der Waals surface area contributed by atoms with E-state index < -0.39 is 0 Å². The molecule has 18 heavy (non-hydrogen) atoms. The second kappa shape index (κ2) is 6.07. The van der Waals surface area contributed by atoms with Gasteiger partial charge in [-0.05, 0) is 59.1 Å². The average molecular weight is 310 g/mol. The second-order valence-electron chi connectivity index (χ2n) is 4.18. The Bertz CT molecular complexity index is 493. The molecule has 2 aromatic rings. The first kappa shape index (κ1) is 13.2. The molecule has 0 aliphatic heterocycles. The number of nitrogens with one attached hydrogen (secondary N) is 1. The molecular weight excluding hydrogens is 294 g/mol. The molecule has 1 aromatic carbocycles. The van der Waals surface area contributed by atoms with Crippen LogP contribution in [-0.2, 0) is 6.42 Å². The van der Waals surface area contributed by atoms with Crippen LogP contribution in [-0.4, -0.2) is 11.7 Å². The summed E-state index contributed by atoms with van der Waals surface area (Å²) in [6.45, 7) is 2.23. The van der Waals surface area contributed by atoms with Gasteiger partial charge in [-0.25, -0.2) is 0 Å². The molecule has 0 saturated heterocycles. The Morgan fingerprint density at radius 2 is 1.94 bits per heavy atom. The van der Waals surface area contributed by atoms with Crippen molar-refractivity contribution in [2.45, 2.75) is 19.4 Å². The van der Waals surface area contributed by atoms with Crippen LogP contribution in [0.15, 0.2) is 45.5 Å². The third-order valence-electron chi connectivity index (χ3n) is 2.76. The molecule has 0 spiro atoms. The molecule has 2 N–H and O–H groups in total. The fourth-order valence-electron chi connectivity index (χ4n) is 1.78. The number of hydrogen-bond acceptors (Lipinski definition) is 3. The molecule has 96 valence electrons. The number of furan rings is 1. The molecule has 0 aliphatic rings. The maximum absolute atomic E-state index is 8.85. The van der Waals surface area contributed by atoms with E-state index in [1.54, 1.807) is 0 Å². The maximum atomic E-state index is 8.85. The Kier molecular flexibility index (Phi) is 4.44. The van der Waals surface area contributed by atoms with E-state index in [1.165, 1.54) is 0 Å². The zero-order valence-corrected chi connectivity index (χ0v) is 11.8. The monoisotopic (exact) mass is 309 g/mol. The number of aliphatic hydroxyl groups is 1. The lowest BCUT2D eigenvalue weighted by molar-refractivity contribution is 0.299. The van der Waals surface area contributed by atoms with Crippen molar-refractivity contribution in [3.8, 4) is 0 Å². The minimum absolute atomic E-state index is 0.111. The van der Waals surface area contributed by atoms with Gasteiger partial charge in [0.1, 0.15) is 5.76 Å². The van der Waals surface area contributed by atoms with Gasteiger partial charge in [0.25, 0.3) is 0 Å². The van der Waals surface area contributed by atoms with Crippen molar-refractivity contribution in [1.82, 2.24) is 0 Å². The summed E-state index contributed by atoms with van der Waals surface area (Å²) in [5.41, 5.74) is 2.17. The topological polar surface area (TPSA) is 45.4 Å². The van der Waals surface area contributed by atoms with E-state index in [9.17, 15) is 0 Å². The average Bonchev–Trinajstić information content (AvgIpc) is 2.79. The summed E-state index contributed by atoms with van der Waals surface area (Å²) in [6.07, 6.45) is 0.695. The number of halogens is 1. The van der Waals surface area contributed by atoms with Crippen molar-refractivity contribution < 1.29 is 9.52 Å². The van der Waals surface area contributed by atoms with Gasteiger partial charge in [0.2, 0.25) is 0 Å². The number of hydrogen-bond donors (Lipinski definition) is 2. The number of anilines is 1. The van der Waals surface area contributed by atoms with E-state index in [2.05, 4.69) is 21.2 Å².